The lowest BCUT2D eigenvalue weighted by Crippen LogP contribution is -2.17. The van der Waals surface area contributed by atoms with Crippen LogP contribution in [-0.4, -0.2) is 35.9 Å². The second kappa shape index (κ2) is 9.03. The number of hydrogen-bond acceptors (Lipinski definition) is 6. The first-order valence-corrected chi connectivity index (χ1v) is 8.93. The number of nitrogens with one attached hydrogen (secondary N) is 1. The first kappa shape index (κ1) is 20.4. The predicted octanol–water partition coefficient (Wildman–Crippen LogP) is 3.75. The SMILES string of the molecule is Cc1c(C(=O)OC(C)C)sc(NC(=O)CCCl)c1C(=O)OC(C)C. The third-order valence-electron chi connectivity index (χ3n) is 2.80. The fraction of sp³-hybridized carbons (Fsp3) is 0.562. The first-order valence-electron chi connectivity index (χ1n) is 7.58. The smallest absolute Gasteiger partial charge is 0.348 e. The molecule has 1 N–H and O–H groups in total. The monoisotopic (exact) mass is 375 g/mol. The number of carbonyl (C=O) groups excluding carboxylic acids is 3. The van der Waals surface area contributed by atoms with E-state index in [0.717, 1.165) is 11.3 Å². The number of halogens is 1. The Morgan fingerprint density at radius 3 is 2.12 bits per heavy atom. The maximum atomic E-state index is 12.3. The molecule has 1 heterocycles. The number of amides is 1. The fourth-order valence-electron chi connectivity index (χ4n) is 1.86. The lowest BCUT2D eigenvalue weighted by Gasteiger charge is -2.10. The molecule has 0 saturated carbocycles. The quantitative estimate of drug-likeness (QED) is 0.579. The first-order chi connectivity index (χ1) is 11.2. The minimum absolute atomic E-state index is 0.100. The Morgan fingerprint density at radius 1 is 1.08 bits per heavy atom. The molecular weight excluding hydrogens is 354 g/mol. The van der Waals surface area contributed by atoms with E-state index in [1.54, 1.807) is 34.6 Å². The van der Waals surface area contributed by atoms with Crippen LogP contribution in [0.3, 0.4) is 0 Å². The van der Waals surface area contributed by atoms with Crippen LogP contribution in [-0.2, 0) is 14.3 Å². The number of carbonyl (C=O) groups is 3. The van der Waals surface area contributed by atoms with E-state index in [1.165, 1.54) is 0 Å². The van der Waals surface area contributed by atoms with Gasteiger partial charge in [-0.3, -0.25) is 4.79 Å². The summed E-state index contributed by atoms with van der Waals surface area (Å²) in [6, 6.07) is 0. The average molecular weight is 376 g/mol. The van der Waals surface area contributed by atoms with E-state index in [4.69, 9.17) is 21.1 Å². The van der Waals surface area contributed by atoms with Gasteiger partial charge in [-0.25, -0.2) is 9.59 Å². The zero-order chi connectivity index (χ0) is 18.4. The summed E-state index contributed by atoms with van der Waals surface area (Å²) in [6.07, 6.45) is -0.517. The molecule has 0 spiro atoms. The molecule has 0 fully saturated rings. The summed E-state index contributed by atoms with van der Waals surface area (Å²) in [5.74, 6) is -1.31. The van der Waals surface area contributed by atoms with Crippen LogP contribution in [0.2, 0.25) is 0 Å². The van der Waals surface area contributed by atoms with Crippen molar-refractivity contribution in [1.82, 2.24) is 0 Å². The highest BCUT2D eigenvalue weighted by atomic mass is 35.5. The van der Waals surface area contributed by atoms with Crippen LogP contribution in [0.1, 0.15) is 59.7 Å². The van der Waals surface area contributed by atoms with Crippen LogP contribution < -0.4 is 5.32 Å². The number of hydrogen-bond donors (Lipinski definition) is 1. The summed E-state index contributed by atoms with van der Waals surface area (Å²) in [6.45, 7) is 8.54. The predicted molar refractivity (Wildman–Crippen MR) is 94.1 cm³/mol. The number of ether oxygens (including phenoxy) is 2. The van der Waals surface area contributed by atoms with Crippen LogP contribution in [0.25, 0.3) is 0 Å². The van der Waals surface area contributed by atoms with Crippen molar-refractivity contribution in [2.75, 3.05) is 11.2 Å². The van der Waals surface area contributed by atoms with Gasteiger partial charge < -0.3 is 14.8 Å². The van der Waals surface area contributed by atoms with E-state index >= 15 is 0 Å². The lowest BCUT2D eigenvalue weighted by atomic mass is 10.1. The molecule has 0 saturated heterocycles. The van der Waals surface area contributed by atoms with Crippen LogP contribution in [0, 0.1) is 6.92 Å². The van der Waals surface area contributed by atoms with E-state index in [1.807, 2.05) is 0 Å². The van der Waals surface area contributed by atoms with Crippen molar-refractivity contribution in [1.29, 1.82) is 0 Å². The molecule has 8 heteroatoms. The van der Waals surface area contributed by atoms with Gasteiger partial charge in [-0.1, -0.05) is 0 Å². The van der Waals surface area contributed by atoms with E-state index in [9.17, 15) is 14.4 Å². The van der Waals surface area contributed by atoms with Gasteiger partial charge in [0.2, 0.25) is 5.91 Å². The van der Waals surface area contributed by atoms with Crippen molar-refractivity contribution in [3.8, 4) is 0 Å². The molecule has 0 aliphatic carbocycles. The summed E-state index contributed by atoms with van der Waals surface area (Å²) in [5.41, 5.74) is 0.602. The maximum absolute atomic E-state index is 12.3. The van der Waals surface area contributed by atoms with Crippen molar-refractivity contribution >= 4 is 45.8 Å². The Kier molecular flexibility index (Phi) is 7.69. The minimum Gasteiger partial charge on any atom is -0.459 e. The summed E-state index contributed by atoms with van der Waals surface area (Å²) < 4.78 is 10.4. The molecule has 0 aliphatic rings. The van der Waals surface area contributed by atoms with E-state index in [-0.39, 0.29) is 45.9 Å². The number of esters is 2. The Labute approximate surface area is 150 Å². The standard InChI is InChI=1S/C16H22ClNO5S/c1-8(2)22-15(20)12-10(5)13(16(21)23-9(3)4)24-14(12)18-11(19)6-7-17/h8-9H,6-7H2,1-5H3,(H,18,19). The van der Waals surface area contributed by atoms with Gasteiger partial charge in [-0.15, -0.1) is 22.9 Å². The van der Waals surface area contributed by atoms with Crippen LogP contribution in [0.4, 0.5) is 5.00 Å². The van der Waals surface area contributed by atoms with Crippen molar-refractivity contribution < 1.29 is 23.9 Å². The summed E-state index contributed by atoms with van der Waals surface area (Å²) in [4.78, 5) is 36.6. The Balaban J connectivity index is 3.25. The van der Waals surface area contributed by atoms with Gasteiger partial charge in [0.25, 0.3) is 0 Å². The second-order valence-electron chi connectivity index (χ2n) is 5.66. The topological polar surface area (TPSA) is 81.7 Å². The molecule has 1 amide bonds. The molecule has 0 radical (unpaired) electrons. The molecule has 0 aromatic carbocycles. The summed E-state index contributed by atoms with van der Waals surface area (Å²) >= 11 is 6.55. The van der Waals surface area contributed by atoms with Crippen molar-refractivity contribution in [2.45, 2.75) is 53.2 Å². The normalized spacial score (nSPS) is 10.8. The molecule has 134 valence electrons. The van der Waals surface area contributed by atoms with Gasteiger partial charge in [-0.05, 0) is 40.2 Å². The molecule has 0 bridgehead atoms. The van der Waals surface area contributed by atoms with Gasteiger partial charge in [0, 0.05) is 12.3 Å². The number of anilines is 1. The van der Waals surface area contributed by atoms with E-state index in [2.05, 4.69) is 5.32 Å². The zero-order valence-electron chi connectivity index (χ0n) is 14.4. The molecule has 24 heavy (non-hydrogen) atoms. The summed E-state index contributed by atoms with van der Waals surface area (Å²) in [7, 11) is 0. The van der Waals surface area contributed by atoms with E-state index < -0.39 is 11.9 Å². The Hall–Kier alpha value is -1.60. The van der Waals surface area contributed by atoms with Gasteiger partial charge in [-0.2, -0.15) is 0 Å². The van der Waals surface area contributed by atoms with Gasteiger partial charge in [0.1, 0.15) is 9.88 Å². The van der Waals surface area contributed by atoms with Crippen molar-refractivity contribution in [3.05, 3.63) is 16.0 Å². The third kappa shape index (κ3) is 5.49. The molecule has 1 aromatic heterocycles. The van der Waals surface area contributed by atoms with Crippen LogP contribution in [0.15, 0.2) is 0 Å². The highest BCUT2D eigenvalue weighted by Gasteiger charge is 2.28. The number of thiophene rings is 1. The number of rotatable bonds is 7. The molecule has 1 aromatic rings. The molecule has 0 atom stereocenters. The molecule has 1 rings (SSSR count). The van der Waals surface area contributed by atoms with Crippen molar-refractivity contribution in [2.24, 2.45) is 0 Å². The van der Waals surface area contributed by atoms with Crippen LogP contribution >= 0.6 is 22.9 Å². The molecule has 6 nitrogen and oxygen atoms in total. The van der Waals surface area contributed by atoms with Gasteiger partial charge in [0.15, 0.2) is 0 Å². The minimum atomic E-state index is -0.594. The zero-order valence-corrected chi connectivity index (χ0v) is 16.0. The summed E-state index contributed by atoms with van der Waals surface area (Å²) in [5, 5.41) is 2.89. The average Bonchev–Trinajstić information content (AvgIpc) is 2.74. The van der Waals surface area contributed by atoms with Gasteiger partial charge in [0.05, 0.1) is 17.8 Å². The fourth-order valence-corrected chi connectivity index (χ4v) is 3.12. The largest absolute Gasteiger partial charge is 0.459 e. The Morgan fingerprint density at radius 2 is 1.62 bits per heavy atom. The highest BCUT2D eigenvalue weighted by molar-refractivity contribution is 7.18. The van der Waals surface area contributed by atoms with Crippen LogP contribution in [0.5, 0.6) is 0 Å². The molecule has 0 unspecified atom stereocenters. The third-order valence-corrected chi connectivity index (χ3v) is 4.17. The van der Waals surface area contributed by atoms with E-state index in [0.29, 0.717) is 5.56 Å². The van der Waals surface area contributed by atoms with Crippen molar-refractivity contribution in [3.63, 3.8) is 0 Å². The molecular formula is C16H22ClNO5S. The Bertz CT molecular complexity index is 624. The highest BCUT2D eigenvalue weighted by Crippen LogP contribution is 2.34. The van der Waals surface area contributed by atoms with Gasteiger partial charge >= 0.3 is 11.9 Å². The lowest BCUT2D eigenvalue weighted by molar-refractivity contribution is -0.115. The second-order valence-corrected chi connectivity index (χ2v) is 7.05. The molecule has 0 aliphatic heterocycles. The maximum Gasteiger partial charge on any atom is 0.348 e. The number of alkyl halides is 1.